The second-order valence-electron chi connectivity index (χ2n) is 6.61. The number of allylic oxidation sites excluding steroid dienone is 1. The third-order valence-corrected chi connectivity index (χ3v) is 4.73. The molecule has 2 heterocycles. The molecule has 1 amide bonds. The molecule has 9 heteroatoms. The molecule has 1 aliphatic heterocycles. The molecule has 9 nitrogen and oxygen atoms in total. The maximum Gasteiger partial charge on any atom is 0.269 e. The van der Waals surface area contributed by atoms with Crippen LogP contribution < -0.4 is 10.6 Å². The average Bonchev–Trinajstić information content (AvgIpc) is 3.19. The first-order chi connectivity index (χ1) is 14.0. The number of benzene rings is 2. The number of nitrogens with one attached hydrogen (secondary N) is 2. The van der Waals surface area contributed by atoms with Crippen molar-refractivity contribution in [3.05, 3.63) is 93.4 Å². The highest BCUT2D eigenvalue weighted by Crippen LogP contribution is 2.35. The molecule has 0 unspecified atom stereocenters. The highest BCUT2D eigenvalue weighted by Gasteiger charge is 2.33. The number of nitro groups is 1. The first kappa shape index (κ1) is 18.4. The first-order valence-corrected chi connectivity index (χ1v) is 8.98. The van der Waals surface area contributed by atoms with Crippen molar-refractivity contribution in [2.45, 2.75) is 19.5 Å². The van der Waals surface area contributed by atoms with E-state index in [9.17, 15) is 14.9 Å². The van der Waals surface area contributed by atoms with Crippen LogP contribution in [0.3, 0.4) is 0 Å². The van der Waals surface area contributed by atoms with Crippen LogP contribution in [0.25, 0.3) is 0 Å². The quantitative estimate of drug-likeness (QED) is 0.511. The van der Waals surface area contributed by atoms with Crippen LogP contribution in [0.1, 0.15) is 24.1 Å². The molecule has 0 saturated heterocycles. The van der Waals surface area contributed by atoms with Gasteiger partial charge in [0.25, 0.3) is 11.6 Å². The fraction of sp³-hybridized carbons (Fsp3) is 0.150. The van der Waals surface area contributed by atoms with Crippen molar-refractivity contribution in [1.82, 2.24) is 20.1 Å². The van der Waals surface area contributed by atoms with Gasteiger partial charge in [0.15, 0.2) is 0 Å². The Balaban J connectivity index is 1.71. The van der Waals surface area contributed by atoms with Gasteiger partial charge >= 0.3 is 0 Å². The highest BCUT2D eigenvalue weighted by atomic mass is 16.6. The minimum absolute atomic E-state index is 0.0515. The van der Waals surface area contributed by atoms with E-state index in [0.29, 0.717) is 29.3 Å². The number of fused-ring (bicyclic) bond motifs is 1. The molecule has 0 saturated carbocycles. The van der Waals surface area contributed by atoms with Gasteiger partial charge in [-0.1, -0.05) is 42.5 Å². The Hall–Kier alpha value is -4.01. The lowest BCUT2D eigenvalue weighted by Gasteiger charge is -2.28. The predicted molar refractivity (Wildman–Crippen MR) is 106 cm³/mol. The lowest BCUT2D eigenvalue weighted by atomic mass is 9.94. The molecule has 0 bridgehead atoms. The fourth-order valence-electron chi connectivity index (χ4n) is 3.38. The Morgan fingerprint density at radius 2 is 2.03 bits per heavy atom. The van der Waals surface area contributed by atoms with E-state index < -0.39 is 11.0 Å². The lowest BCUT2D eigenvalue weighted by molar-refractivity contribution is -0.384. The van der Waals surface area contributed by atoms with Crippen LogP contribution in [0.5, 0.6) is 0 Å². The van der Waals surface area contributed by atoms with Crippen LogP contribution in [0, 0.1) is 10.1 Å². The smallest absolute Gasteiger partial charge is 0.269 e. The van der Waals surface area contributed by atoms with Crippen LogP contribution in [-0.4, -0.2) is 25.6 Å². The summed E-state index contributed by atoms with van der Waals surface area (Å²) < 4.78 is 1.56. The van der Waals surface area contributed by atoms with E-state index in [1.165, 1.54) is 18.5 Å². The topological polar surface area (TPSA) is 115 Å². The number of non-ortho nitro benzene ring substituents is 1. The van der Waals surface area contributed by atoms with Crippen LogP contribution in [0.15, 0.2) is 72.2 Å². The van der Waals surface area contributed by atoms with E-state index in [4.69, 9.17) is 0 Å². The van der Waals surface area contributed by atoms with Crippen molar-refractivity contribution in [2.75, 3.05) is 5.32 Å². The van der Waals surface area contributed by atoms with Gasteiger partial charge < -0.3 is 10.6 Å². The molecule has 3 aromatic rings. The van der Waals surface area contributed by atoms with Gasteiger partial charge in [0.1, 0.15) is 12.4 Å². The molecule has 1 atom stereocenters. The fourth-order valence-corrected chi connectivity index (χ4v) is 3.38. The normalized spacial score (nSPS) is 15.4. The molecule has 0 aliphatic carbocycles. The number of carbonyl (C=O) groups excluding carboxylic acids is 1. The number of amides is 1. The van der Waals surface area contributed by atoms with Crippen molar-refractivity contribution in [3.8, 4) is 0 Å². The summed E-state index contributed by atoms with van der Waals surface area (Å²) in [4.78, 5) is 28.1. The second-order valence-corrected chi connectivity index (χ2v) is 6.61. The van der Waals surface area contributed by atoms with Gasteiger partial charge in [-0.3, -0.25) is 14.9 Å². The van der Waals surface area contributed by atoms with Crippen molar-refractivity contribution < 1.29 is 9.72 Å². The molecule has 2 N–H and O–H groups in total. The zero-order valence-electron chi connectivity index (χ0n) is 15.6. The predicted octanol–water partition coefficient (Wildman–Crippen LogP) is 2.79. The van der Waals surface area contributed by atoms with Crippen LogP contribution >= 0.6 is 0 Å². The Morgan fingerprint density at radius 3 is 2.79 bits per heavy atom. The van der Waals surface area contributed by atoms with Gasteiger partial charge in [-0.25, -0.2) is 4.68 Å². The Bertz CT molecular complexity index is 1110. The number of anilines is 1. The number of hydrogen-bond donors (Lipinski definition) is 2. The molecule has 1 aliphatic rings. The third kappa shape index (κ3) is 3.57. The Morgan fingerprint density at radius 1 is 1.24 bits per heavy atom. The average molecular weight is 390 g/mol. The summed E-state index contributed by atoms with van der Waals surface area (Å²) in [7, 11) is 0. The summed E-state index contributed by atoms with van der Waals surface area (Å²) in [6.45, 7) is 2.14. The van der Waals surface area contributed by atoms with Crippen LogP contribution in [0.4, 0.5) is 11.6 Å². The summed E-state index contributed by atoms with van der Waals surface area (Å²) in [6, 6.07) is 15.1. The standard InChI is InChI=1S/C20H18N6O3/c1-13-17(19(27)21-11-14-6-3-2-4-7-14)18(25-20(24-13)22-12-23-25)15-8-5-9-16(10-15)26(28)29/h2-10,12,18H,11H2,1H3,(H,21,27)(H,22,23,24)/t18-/m1/s1. The molecule has 1 aromatic heterocycles. The zero-order chi connectivity index (χ0) is 20.4. The molecular weight excluding hydrogens is 372 g/mol. The van der Waals surface area contributed by atoms with Crippen LogP contribution in [-0.2, 0) is 11.3 Å². The van der Waals surface area contributed by atoms with Crippen LogP contribution in [0.2, 0.25) is 0 Å². The third-order valence-electron chi connectivity index (χ3n) is 4.73. The molecule has 0 spiro atoms. The summed E-state index contributed by atoms with van der Waals surface area (Å²) in [5.41, 5.74) is 2.55. The molecule has 4 rings (SSSR count). The number of aromatic nitrogens is 3. The number of rotatable bonds is 5. The minimum Gasteiger partial charge on any atom is -0.348 e. The van der Waals surface area contributed by atoms with E-state index in [0.717, 1.165) is 5.56 Å². The minimum atomic E-state index is -0.635. The summed E-state index contributed by atoms with van der Waals surface area (Å²) >= 11 is 0. The molecule has 29 heavy (non-hydrogen) atoms. The number of nitrogens with zero attached hydrogens (tertiary/aromatic N) is 4. The van der Waals surface area contributed by atoms with Crippen molar-refractivity contribution in [1.29, 1.82) is 0 Å². The van der Waals surface area contributed by atoms with Gasteiger partial charge in [0.05, 0.1) is 10.5 Å². The first-order valence-electron chi connectivity index (χ1n) is 8.98. The highest BCUT2D eigenvalue weighted by molar-refractivity contribution is 5.96. The molecule has 0 fully saturated rings. The van der Waals surface area contributed by atoms with Gasteiger partial charge in [-0.2, -0.15) is 10.1 Å². The molecule has 0 radical (unpaired) electrons. The Kier molecular flexibility index (Phi) is 4.78. The number of hydrogen-bond acceptors (Lipinski definition) is 6. The summed E-state index contributed by atoms with van der Waals surface area (Å²) in [6.07, 6.45) is 1.38. The Labute approximate surface area is 166 Å². The summed E-state index contributed by atoms with van der Waals surface area (Å²) in [5.74, 6) is 0.190. The maximum absolute atomic E-state index is 13.1. The lowest BCUT2D eigenvalue weighted by Crippen LogP contribution is -2.34. The second kappa shape index (κ2) is 7.55. The number of carbonyl (C=O) groups is 1. The maximum atomic E-state index is 13.1. The van der Waals surface area contributed by atoms with E-state index in [1.54, 1.807) is 23.7 Å². The van der Waals surface area contributed by atoms with Gasteiger partial charge in [-0.05, 0) is 18.1 Å². The van der Waals surface area contributed by atoms with Crippen molar-refractivity contribution >= 4 is 17.5 Å². The van der Waals surface area contributed by atoms with E-state index >= 15 is 0 Å². The van der Waals surface area contributed by atoms with E-state index in [2.05, 4.69) is 20.7 Å². The number of nitro benzene ring substituents is 1. The SMILES string of the molecule is CC1=C(C(=O)NCc2ccccc2)[C@@H](c2cccc([N+](=O)[O-])c2)n2ncnc2N1. The zero-order valence-corrected chi connectivity index (χ0v) is 15.6. The molecule has 146 valence electrons. The van der Waals surface area contributed by atoms with E-state index in [-0.39, 0.29) is 11.6 Å². The molecular formula is C20H18N6O3. The van der Waals surface area contributed by atoms with Gasteiger partial charge in [0, 0.05) is 24.4 Å². The van der Waals surface area contributed by atoms with E-state index in [1.807, 2.05) is 30.3 Å². The van der Waals surface area contributed by atoms with Gasteiger partial charge in [0.2, 0.25) is 5.95 Å². The molecule has 2 aromatic carbocycles. The largest absolute Gasteiger partial charge is 0.348 e. The van der Waals surface area contributed by atoms with Crippen molar-refractivity contribution in [2.24, 2.45) is 0 Å². The van der Waals surface area contributed by atoms with Gasteiger partial charge in [-0.15, -0.1) is 0 Å². The monoisotopic (exact) mass is 390 g/mol. The summed E-state index contributed by atoms with van der Waals surface area (Å²) in [5, 5.41) is 21.5. The van der Waals surface area contributed by atoms with Crippen molar-refractivity contribution in [3.63, 3.8) is 0 Å².